The summed E-state index contributed by atoms with van der Waals surface area (Å²) in [4.78, 5) is 11.4. The van der Waals surface area contributed by atoms with E-state index in [0.717, 1.165) is 18.6 Å². The number of thioether (sulfide) groups is 1. The van der Waals surface area contributed by atoms with Gasteiger partial charge in [0.05, 0.1) is 0 Å². The van der Waals surface area contributed by atoms with Crippen molar-refractivity contribution in [2.45, 2.75) is 39.2 Å². The van der Waals surface area contributed by atoms with E-state index in [1.165, 1.54) is 0 Å². The molecule has 0 saturated heterocycles. The maximum absolute atomic E-state index is 11.4. The van der Waals surface area contributed by atoms with Crippen molar-refractivity contribution in [1.29, 1.82) is 0 Å². The highest BCUT2D eigenvalue weighted by atomic mass is 32.2. The van der Waals surface area contributed by atoms with Crippen LogP contribution in [-0.4, -0.2) is 42.0 Å². The van der Waals surface area contributed by atoms with Gasteiger partial charge in [0.15, 0.2) is 0 Å². The SMILES string of the molecule is CSCCCC(CO)CNC(=O)OC(C)(C)C. The predicted molar refractivity (Wildman–Crippen MR) is 72.4 cm³/mol. The third-order valence-corrected chi connectivity index (χ3v) is 2.85. The van der Waals surface area contributed by atoms with Crippen LogP contribution in [-0.2, 0) is 4.74 Å². The molecule has 0 saturated carbocycles. The van der Waals surface area contributed by atoms with Crippen LogP contribution in [0.3, 0.4) is 0 Å². The first-order chi connectivity index (χ1) is 7.89. The number of ether oxygens (including phenoxy) is 1. The normalized spacial score (nSPS) is 13.2. The van der Waals surface area contributed by atoms with E-state index in [2.05, 4.69) is 11.6 Å². The Morgan fingerprint density at radius 1 is 1.47 bits per heavy atom. The number of hydrogen-bond donors (Lipinski definition) is 2. The maximum Gasteiger partial charge on any atom is 0.407 e. The summed E-state index contributed by atoms with van der Waals surface area (Å²) in [5.74, 6) is 1.21. The zero-order valence-electron chi connectivity index (χ0n) is 11.3. The van der Waals surface area contributed by atoms with Gasteiger partial charge in [-0.05, 0) is 51.5 Å². The second-order valence-corrected chi connectivity index (χ2v) is 6.05. The summed E-state index contributed by atoms with van der Waals surface area (Å²) in [5, 5.41) is 11.9. The zero-order chi connectivity index (χ0) is 13.3. The first-order valence-corrected chi connectivity index (χ1v) is 7.35. The van der Waals surface area contributed by atoms with Gasteiger partial charge in [-0.25, -0.2) is 4.79 Å². The summed E-state index contributed by atoms with van der Waals surface area (Å²) in [6.45, 7) is 6.06. The molecule has 0 fully saturated rings. The van der Waals surface area contributed by atoms with Crippen molar-refractivity contribution >= 4 is 17.9 Å². The van der Waals surface area contributed by atoms with E-state index in [1.54, 1.807) is 11.8 Å². The summed E-state index contributed by atoms with van der Waals surface area (Å²) in [6.07, 6.45) is 3.63. The Morgan fingerprint density at radius 2 is 2.12 bits per heavy atom. The Morgan fingerprint density at radius 3 is 2.59 bits per heavy atom. The van der Waals surface area contributed by atoms with Gasteiger partial charge in [-0.15, -0.1) is 0 Å². The van der Waals surface area contributed by atoms with Crippen molar-refractivity contribution in [3.63, 3.8) is 0 Å². The van der Waals surface area contributed by atoms with Crippen molar-refractivity contribution in [2.75, 3.05) is 25.2 Å². The lowest BCUT2D eigenvalue weighted by atomic mass is 10.1. The van der Waals surface area contributed by atoms with Gasteiger partial charge in [-0.2, -0.15) is 11.8 Å². The molecule has 102 valence electrons. The minimum Gasteiger partial charge on any atom is -0.444 e. The number of amides is 1. The third kappa shape index (κ3) is 10.5. The lowest BCUT2D eigenvalue weighted by molar-refractivity contribution is 0.0511. The number of aliphatic hydroxyl groups is 1. The van der Waals surface area contributed by atoms with Crippen LogP contribution in [0.1, 0.15) is 33.6 Å². The van der Waals surface area contributed by atoms with Crippen LogP contribution in [0.15, 0.2) is 0 Å². The number of hydrogen-bond acceptors (Lipinski definition) is 4. The number of alkyl carbamates (subject to hydrolysis) is 1. The van der Waals surface area contributed by atoms with Gasteiger partial charge in [0.2, 0.25) is 0 Å². The summed E-state index contributed by atoms with van der Waals surface area (Å²) in [5.41, 5.74) is -0.475. The van der Waals surface area contributed by atoms with E-state index in [9.17, 15) is 9.90 Å². The number of carbonyl (C=O) groups excluding carboxylic acids is 1. The molecule has 0 aliphatic rings. The standard InChI is InChI=1S/C12H25NO3S/c1-12(2,3)16-11(15)13-8-10(9-14)6-5-7-17-4/h10,14H,5-9H2,1-4H3,(H,13,15). The molecule has 1 amide bonds. The predicted octanol–water partition coefficient (Wildman–Crippen LogP) is 2.26. The van der Waals surface area contributed by atoms with Crippen molar-refractivity contribution < 1.29 is 14.6 Å². The maximum atomic E-state index is 11.4. The van der Waals surface area contributed by atoms with Gasteiger partial charge in [-0.1, -0.05) is 0 Å². The van der Waals surface area contributed by atoms with E-state index < -0.39 is 11.7 Å². The smallest absolute Gasteiger partial charge is 0.407 e. The van der Waals surface area contributed by atoms with Crippen molar-refractivity contribution in [1.82, 2.24) is 5.32 Å². The summed E-state index contributed by atoms with van der Waals surface area (Å²) < 4.78 is 5.12. The van der Waals surface area contributed by atoms with Gasteiger partial charge < -0.3 is 15.2 Å². The fraction of sp³-hybridized carbons (Fsp3) is 0.917. The molecular formula is C12H25NO3S. The summed E-state index contributed by atoms with van der Waals surface area (Å²) in [6, 6.07) is 0. The van der Waals surface area contributed by atoms with Crippen LogP contribution in [0.25, 0.3) is 0 Å². The van der Waals surface area contributed by atoms with Crippen LogP contribution in [0.2, 0.25) is 0 Å². The molecule has 1 unspecified atom stereocenters. The molecule has 4 nitrogen and oxygen atoms in total. The first-order valence-electron chi connectivity index (χ1n) is 5.95. The fourth-order valence-electron chi connectivity index (χ4n) is 1.32. The van der Waals surface area contributed by atoms with E-state index in [1.807, 2.05) is 20.8 Å². The van der Waals surface area contributed by atoms with Gasteiger partial charge in [0, 0.05) is 13.2 Å². The summed E-state index contributed by atoms with van der Waals surface area (Å²) >= 11 is 1.79. The van der Waals surface area contributed by atoms with Crippen molar-refractivity contribution in [2.24, 2.45) is 5.92 Å². The lowest BCUT2D eigenvalue weighted by Gasteiger charge is -2.21. The Hall–Kier alpha value is -0.420. The van der Waals surface area contributed by atoms with E-state index in [-0.39, 0.29) is 12.5 Å². The Bertz CT molecular complexity index is 216. The highest BCUT2D eigenvalue weighted by Crippen LogP contribution is 2.09. The van der Waals surface area contributed by atoms with Gasteiger partial charge in [-0.3, -0.25) is 0 Å². The van der Waals surface area contributed by atoms with Crippen LogP contribution < -0.4 is 5.32 Å². The molecule has 0 spiro atoms. The Kier molecular flexibility index (Phi) is 8.43. The molecule has 0 aliphatic heterocycles. The molecule has 1 atom stereocenters. The van der Waals surface area contributed by atoms with E-state index in [0.29, 0.717) is 6.54 Å². The third-order valence-electron chi connectivity index (χ3n) is 2.15. The van der Waals surface area contributed by atoms with E-state index >= 15 is 0 Å². The monoisotopic (exact) mass is 263 g/mol. The average Bonchev–Trinajstić information content (AvgIpc) is 2.20. The fourth-order valence-corrected chi connectivity index (χ4v) is 1.77. The van der Waals surface area contributed by atoms with E-state index in [4.69, 9.17) is 4.74 Å². The number of aliphatic hydroxyl groups excluding tert-OH is 1. The van der Waals surface area contributed by atoms with Crippen molar-refractivity contribution in [3.8, 4) is 0 Å². The Labute approximate surface area is 108 Å². The topological polar surface area (TPSA) is 58.6 Å². The summed E-state index contributed by atoms with van der Waals surface area (Å²) in [7, 11) is 0. The largest absolute Gasteiger partial charge is 0.444 e. The van der Waals surface area contributed by atoms with Crippen LogP contribution in [0.4, 0.5) is 4.79 Å². The van der Waals surface area contributed by atoms with Gasteiger partial charge in [0.25, 0.3) is 0 Å². The molecule has 0 radical (unpaired) electrons. The molecule has 5 heteroatoms. The molecule has 0 aliphatic carbocycles. The second-order valence-electron chi connectivity index (χ2n) is 5.07. The van der Waals surface area contributed by atoms with Gasteiger partial charge in [0.1, 0.15) is 5.60 Å². The highest BCUT2D eigenvalue weighted by Gasteiger charge is 2.17. The number of nitrogens with one attached hydrogen (secondary N) is 1. The Balaban J connectivity index is 3.78. The van der Waals surface area contributed by atoms with Crippen LogP contribution in [0, 0.1) is 5.92 Å². The first kappa shape index (κ1) is 16.6. The molecule has 0 aromatic rings. The number of carbonyl (C=O) groups is 1. The van der Waals surface area contributed by atoms with Crippen molar-refractivity contribution in [3.05, 3.63) is 0 Å². The van der Waals surface area contributed by atoms with Gasteiger partial charge >= 0.3 is 6.09 Å². The van der Waals surface area contributed by atoms with Crippen LogP contribution >= 0.6 is 11.8 Å². The quantitative estimate of drug-likeness (QED) is 0.692. The van der Waals surface area contributed by atoms with Crippen LogP contribution in [0.5, 0.6) is 0 Å². The minimum atomic E-state index is -0.475. The average molecular weight is 263 g/mol. The molecule has 0 aromatic carbocycles. The number of rotatable bonds is 7. The molecule has 2 N–H and O–H groups in total. The second kappa shape index (κ2) is 8.64. The molecule has 17 heavy (non-hydrogen) atoms. The lowest BCUT2D eigenvalue weighted by Crippen LogP contribution is -2.36. The highest BCUT2D eigenvalue weighted by molar-refractivity contribution is 7.98. The molecule has 0 heterocycles. The molecule has 0 aromatic heterocycles. The zero-order valence-corrected chi connectivity index (χ0v) is 12.1. The molecule has 0 rings (SSSR count). The molecular weight excluding hydrogens is 238 g/mol. The minimum absolute atomic E-state index is 0.101. The molecule has 0 bridgehead atoms.